The molecule has 5 rings (SSSR count). The lowest BCUT2D eigenvalue weighted by atomic mass is 9.61. The molecule has 5 nitrogen and oxygen atoms in total. The van der Waals surface area contributed by atoms with Crippen molar-refractivity contribution in [1.82, 2.24) is 4.90 Å². The highest BCUT2D eigenvalue weighted by molar-refractivity contribution is 5.99. The van der Waals surface area contributed by atoms with Gasteiger partial charge in [-0.1, -0.05) is 6.07 Å². The summed E-state index contributed by atoms with van der Waals surface area (Å²) in [4.78, 5) is 14.7. The van der Waals surface area contributed by atoms with E-state index in [9.17, 15) is 15.0 Å². The first-order chi connectivity index (χ1) is 10.9. The van der Waals surface area contributed by atoms with Crippen LogP contribution >= 0.6 is 0 Å². The molecule has 1 saturated carbocycles. The maximum atomic E-state index is 12.5. The Balaban J connectivity index is 1.84. The predicted octanol–water partition coefficient (Wildman–Crippen LogP) is 0.903. The van der Waals surface area contributed by atoms with Crippen LogP contribution in [0.25, 0.3) is 0 Å². The number of carbonyl (C=O) groups is 1. The second-order valence-corrected chi connectivity index (χ2v) is 7.48. The van der Waals surface area contributed by atoms with Gasteiger partial charge in [-0.2, -0.15) is 0 Å². The number of aryl methyl sites for hydroxylation is 1. The number of hydrogen-bond donors (Lipinski definition) is 2. The summed E-state index contributed by atoms with van der Waals surface area (Å²) in [5, 5.41) is 21.9. The second kappa shape index (κ2) is 3.79. The van der Waals surface area contributed by atoms with Gasteiger partial charge in [0, 0.05) is 18.2 Å². The summed E-state index contributed by atoms with van der Waals surface area (Å²) in [5.41, 5.74) is -0.180. The Hall–Kier alpha value is -1.85. The first-order valence-corrected chi connectivity index (χ1v) is 8.05. The molecule has 4 aliphatic rings. The van der Waals surface area contributed by atoms with Gasteiger partial charge in [-0.15, -0.1) is 0 Å². The number of rotatable bonds is 0. The highest BCUT2D eigenvalue weighted by Crippen LogP contribution is 2.66. The van der Waals surface area contributed by atoms with Crippen LogP contribution in [-0.2, 0) is 10.2 Å². The Morgan fingerprint density at radius 1 is 1.39 bits per heavy atom. The quantitative estimate of drug-likeness (QED) is 0.745. The van der Waals surface area contributed by atoms with Crippen molar-refractivity contribution in [2.24, 2.45) is 5.92 Å². The minimum atomic E-state index is -1.15. The molecular weight excluding hydrogens is 294 g/mol. The van der Waals surface area contributed by atoms with E-state index >= 15 is 0 Å². The number of phenols is 1. The van der Waals surface area contributed by atoms with E-state index in [1.807, 2.05) is 20.0 Å². The predicted molar refractivity (Wildman–Crippen MR) is 82.6 cm³/mol. The summed E-state index contributed by atoms with van der Waals surface area (Å²) in [6.45, 7) is 2.86. The van der Waals surface area contributed by atoms with Crippen molar-refractivity contribution in [3.05, 3.63) is 35.4 Å². The Morgan fingerprint density at radius 3 is 2.91 bits per heavy atom. The third-order valence-corrected chi connectivity index (χ3v) is 6.43. The molecule has 1 unspecified atom stereocenters. The molecule has 0 radical (unpaired) electrons. The smallest absolute Gasteiger partial charge is 0.196 e. The van der Waals surface area contributed by atoms with E-state index in [0.29, 0.717) is 18.1 Å². The molecular formula is C18H19NO4. The molecule has 0 amide bonds. The maximum Gasteiger partial charge on any atom is 0.196 e. The minimum Gasteiger partial charge on any atom is -0.504 e. The minimum absolute atomic E-state index is 0.00866. The van der Waals surface area contributed by atoms with Crippen molar-refractivity contribution in [1.29, 1.82) is 0 Å². The summed E-state index contributed by atoms with van der Waals surface area (Å²) in [7, 11) is 2.00. The molecule has 1 aromatic carbocycles. The van der Waals surface area contributed by atoms with E-state index in [0.717, 1.165) is 17.7 Å². The fourth-order valence-electron chi connectivity index (χ4n) is 5.68. The molecule has 5 atom stereocenters. The number of likely N-dealkylation sites (N-methyl/N-ethyl adjacent to an activating group) is 1. The topological polar surface area (TPSA) is 70.0 Å². The Kier molecular flexibility index (Phi) is 2.24. The zero-order valence-electron chi connectivity index (χ0n) is 13.1. The summed E-state index contributed by atoms with van der Waals surface area (Å²) in [5.74, 6) is 0.611. The van der Waals surface area contributed by atoms with E-state index < -0.39 is 17.1 Å². The Labute approximate surface area is 134 Å². The van der Waals surface area contributed by atoms with Gasteiger partial charge in [-0.25, -0.2) is 0 Å². The molecule has 2 aliphatic carbocycles. The summed E-state index contributed by atoms with van der Waals surface area (Å²) >= 11 is 0. The van der Waals surface area contributed by atoms with E-state index in [2.05, 4.69) is 4.90 Å². The van der Waals surface area contributed by atoms with Crippen LogP contribution in [0, 0.1) is 12.8 Å². The van der Waals surface area contributed by atoms with Crippen molar-refractivity contribution in [2.45, 2.75) is 36.5 Å². The zero-order chi connectivity index (χ0) is 16.1. The number of aliphatic hydroxyl groups is 1. The van der Waals surface area contributed by atoms with Gasteiger partial charge >= 0.3 is 0 Å². The number of benzene rings is 1. The number of nitrogens with zero attached hydrogens (tertiary/aromatic N) is 1. The molecule has 2 fully saturated rings. The number of ether oxygens (including phenoxy) is 1. The average Bonchev–Trinajstić information content (AvgIpc) is 2.95. The lowest BCUT2D eigenvalue weighted by molar-refractivity contribution is -0.133. The lowest BCUT2D eigenvalue weighted by Gasteiger charge is -2.50. The fourth-order valence-corrected chi connectivity index (χ4v) is 5.68. The van der Waals surface area contributed by atoms with E-state index in [4.69, 9.17) is 4.74 Å². The van der Waals surface area contributed by atoms with E-state index in [-0.39, 0.29) is 17.6 Å². The maximum absolute atomic E-state index is 12.5. The molecule has 1 aromatic rings. The molecule has 1 saturated heterocycles. The van der Waals surface area contributed by atoms with Crippen LogP contribution < -0.4 is 4.74 Å². The van der Waals surface area contributed by atoms with Crippen molar-refractivity contribution in [3.8, 4) is 11.5 Å². The van der Waals surface area contributed by atoms with Crippen LogP contribution in [-0.4, -0.2) is 52.2 Å². The van der Waals surface area contributed by atoms with E-state index in [1.54, 1.807) is 12.1 Å². The number of likely N-dealkylation sites (tertiary alicyclic amines) is 1. The summed E-state index contributed by atoms with van der Waals surface area (Å²) < 4.78 is 5.93. The first kappa shape index (κ1) is 13.6. The van der Waals surface area contributed by atoms with Gasteiger partial charge in [-0.3, -0.25) is 9.69 Å². The van der Waals surface area contributed by atoms with Crippen molar-refractivity contribution in [3.63, 3.8) is 0 Å². The molecule has 2 aliphatic heterocycles. The van der Waals surface area contributed by atoms with Gasteiger partial charge in [0.15, 0.2) is 23.4 Å². The molecule has 1 spiro atoms. The molecule has 0 aromatic heterocycles. The van der Waals surface area contributed by atoms with Gasteiger partial charge in [0.05, 0.1) is 5.41 Å². The Morgan fingerprint density at radius 2 is 2.17 bits per heavy atom. The van der Waals surface area contributed by atoms with E-state index in [1.165, 1.54) is 6.08 Å². The van der Waals surface area contributed by atoms with Gasteiger partial charge in [-0.05, 0) is 50.1 Å². The SMILES string of the molecule is Cc1ccc(O)c2c1[C@]13CC4CN(C)[C@H]4[C@]1(O)C=CC(=O)[C@@H]3O2. The van der Waals surface area contributed by atoms with Gasteiger partial charge < -0.3 is 14.9 Å². The average molecular weight is 313 g/mol. The number of fused-ring (bicyclic) bond motifs is 3. The number of hydrogen-bond acceptors (Lipinski definition) is 5. The number of ketones is 1. The van der Waals surface area contributed by atoms with Gasteiger partial charge in [0.2, 0.25) is 0 Å². The van der Waals surface area contributed by atoms with Crippen molar-refractivity contribution in [2.75, 3.05) is 13.6 Å². The highest BCUT2D eigenvalue weighted by atomic mass is 16.5. The largest absolute Gasteiger partial charge is 0.504 e. The molecule has 0 bridgehead atoms. The third kappa shape index (κ3) is 1.24. The van der Waals surface area contributed by atoms with Gasteiger partial charge in [0.25, 0.3) is 0 Å². The standard InChI is InChI=1S/C18H19NO4/c1-9-3-4-11(20)14-13(9)17-7-10-8-19(2)15(10)18(17,22)6-5-12(21)16(17)23-14/h3-6,10,15-16,20,22H,7-8H2,1-2H3/t10?,15-,16+,17+,18-/m1/s1. The summed E-state index contributed by atoms with van der Waals surface area (Å²) in [6, 6.07) is 3.42. The summed E-state index contributed by atoms with van der Waals surface area (Å²) in [6.07, 6.45) is 3.08. The van der Waals surface area contributed by atoms with Crippen molar-refractivity contribution >= 4 is 5.78 Å². The van der Waals surface area contributed by atoms with Crippen LogP contribution in [0.3, 0.4) is 0 Å². The molecule has 5 heteroatoms. The lowest BCUT2D eigenvalue weighted by Crippen LogP contribution is -2.67. The molecule has 120 valence electrons. The van der Waals surface area contributed by atoms with Crippen LogP contribution in [0.4, 0.5) is 0 Å². The van der Waals surface area contributed by atoms with Crippen LogP contribution in [0.2, 0.25) is 0 Å². The number of carbonyl (C=O) groups excluding carboxylic acids is 1. The van der Waals surface area contributed by atoms with Crippen LogP contribution in [0.15, 0.2) is 24.3 Å². The van der Waals surface area contributed by atoms with Crippen molar-refractivity contribution < 1.29 is 19.7 Å². The monoisotopic (exact) mass is 313 g/mol. The second-order valence-electron chi connectivity index (χ2n) is 7.48. The van der Waals surface area contributed by atoms with Gasteiger partial charge in [0.1, 0.15) is 5.60 Å². The third-order valence-electron chi connectivity index (χ3n) is 6.43. The first-order valence-electron chi connectivity index (χ1n) is 8.05. The fraction of sp³-hybridized carbons (Fsp3) is 0.500. The molecule has 2 N–H and O–H groups in total. The molecule has 2 heterocycles. The number of aromatic hydroxyl groups is 1. The number of phenolic OH excluding ortho intramolecular Hbond substituents is 1. The Bertz CT molecular complexity index is 787. The zero-order valence-corrected chi connectivity index (χ0v) is 13.1. The van der Waals surface area contributed by atoms with Crippen LogP contribution in [0.5, 0.6) is 11.5 Å². The van der Waals surface area contributed by atoms with Crippen LogP contribution in [0.1, 0.15) is 17.5 Å². The normalized spacial score (nSPS) is 43.3. The molecule has 23 heavy (non-hydrogen) atoms. The highest BCUT2D eigenvalue weighted by Gasteiger charge is 2.75.